The van der Waals surface area contributed by atoms with Crippen molar-refractivity contribution in [3.8, 4) is 11.4 Å². The molecule has 164 valence electrons. The molecule has 10 nitrogen and oxygen atoms in total. The summed E-state index contributed by atoms with van der Waals surface area (Å²) in [7, 11) is 0. The van der Waals surface area contributed by atoms with Crippen LogP contribution in [0.1, 0.15) is 21.9 Å². The molecule has 0 spiro atoms. The molecule has 0 unspecified atom stereocenters. The summed E-state index contributed by atoms with van der Waals surface area (Å²) in [5, 5.41) is 9.18. The number of fused-ring (bicyclic) bond motifs is 1. The van der Waals surface area contributed by atoms with E-state index in [0.717, 1.165) is 5.56 Å². The Morgan fingerprint density at radius 1 is 1.25 bits per heavy atom. The summed E-state index contributed by atoms with van der Waals surface area (Å²) in [6.07, 6.45) is 2.50. The molecule has 3 heterocycles. The fourth-order valence-electron chi connectivity index (χ4n) is 2.96. The number of carbonyl (C=O) groups is 2. The van der Waals surface area contributed by atoms with Crippen LogP contribution in [0.15, 0.2) is 53.3 Å². The van der Waals surface area contributed by atoms with Crippen molar-refractivity contribution in [1.29, 1.82) is 0 Å². The normalized spacial score (nSPS) is 10.8. The minimum absolute atomic E-state index is 0.0676. The summed E-state index contributed by atoms with van der Waals surface area (Å²) in [4.78, 5) is 32.7. The fourth-order valence-corrected chi connectivity index (χ4v) is 2.96. The molecular weight excluding hydrogens is 419 g/mol. The molecule has 4 aromatic rings. The highest BCUT2D eigenvalue weighted by Gasteiger charge is 2.15. The predicted molar refractivity (Wildman–Crippen MR) is 112 cm³/mol. The monoisotopic (exact) mass is 438 g/mol. The Hall–Kier alpha value is -4.28. The van der Waals surface area contributed by atoms with Crippen molar-refractivity contribution in [2.45, 2.75) is 13.5 Å². The van der Waals surface area contributed by atoms with Crippen LogP contribution in [0.2, 0.25) is 0 Å². The SMILES string of the molecule is Cc1ccc(-c2noc(CNC(=O)OCCF)n2)cc1NC(=O)c1cnc2ccccn12. The number of halogens is 1. The van der Waals surface area contributed by atoms with Gasteiger partial charge in [-0.2, -0.15) is 4.98 Å². The van der Waals surface area contributed by atoms with Gasteiger partial charge in [-0.1, -0.05) is 23.4 Å². The van der Waals surface area contributed by atoms with Gasteiger partial charge in [-0.15, -0.1) is 0 Å². The predicted octanol–water partition coefficient (Wildman–Crippen LogP) is 3.14. The number of hydrogen-bond donors (Lipinski definition) is 2. The fraction of sp³-hybridized carbons (Fsp3) is 0.190. The van der Waals surface area contributed by atoms with E-state index >= 15 is 0 Å². The highest BCUT2D eigenvalue weighted by atomic mass is 19.1. The van der Waals surface area contributed by atoms with E-state index in [1.807, 2.05) is 31.2 Å². The van der Waals surface area contributed by atoms with Gasteiger partial charge in [0.25, 0.3) is 5.91 Å². The van der Waals surface area contributed by atoms with Crippen LogP contribution in [0.3, 0.4) is 0 Å². The number of pyridine rings is 1. The molecule has 0 aliphatic carbocycles. The van der Waals surface area contributed by atoms with Crippen molar-refractivity contribution in [3.05, 3.63) is 65.9 Å². The zero-order chi connectivity index (χ0) is 22.5. The third-order valence-electron chi connectivity index (χ3n) is 4.56. The number of carbonyl (C=O) groups excluding carboxylic acids is 2. The van der Waals surface area contributed by atoms with Crippen LogP contribution < -0.4 is 10.6 Å². The second-order valence-electron chi connectivity index (χ2n) is 6.75. The number of benzene rings is 1. The Morgan fingerprint density at radius 2 is 2.12 bits per heavy atom. The molecule has 3 aromatic heterocycles. The number of aryl methyl sites for hydroxylation is 1. The van der Waals surface area contributed by atoms with Gasteiger partial charge < -0.3 is 19.9 Å². The number of ether oxygens (including phenoxy) is 1. The molecule has 32 heavy (non-hydrogen) atoms. The van der Waals surface area contributed by atoms with E-state index in [-0.39, 0.29) is 30.8 Å². The number of nitrogens with zero attached hydrogens (tertiary/aromatic N) is 4. The lowest BCUT2D eigenvalue weighted by atomic mass is 10.1. The average molecular weight is 438 g/mol. The quantitative estimate of drug-likeness (QED) is 0.454. The summed E-state index contributed by atoms with van der Waals surface area (Å²) in [6.45, 7) is 0.708. The van der Waals surface area contributed by atoms with Crippen molar-refractivity contribution in [1.82, 2.24) is 24.8 Å². The lowest BCUT2D eigenvalue weighted by molar-refractivity contribution is 0.102. The topological polar surface area (TPSA) is 124 Å². The second kappa shape index (κ2) is 9.25. The Labute approximate surface area is 181 Å². The van der Waals surface area contributed by atoms with Gasteiger partial charge in [-0.25, -0.2) is 14.2 Å². The maximum atomic E-state index is 12.8. The average Bonchev–Trinajstić information content (AvgIpc) is 3.45. The number of amides is 2. The van der Waals surface area contributed by atoms with Crippen LogP contribution in [0.5, 0.6) is 0 Å². The zero-order valence-corrected chi connectivity index (χ0v) is 17.0. The van der Waals surface area contributed by atoms with E-state index in [1.54, 1.807) is 22.7 Å². The van der Waals surface area contributed by atoms with Crippen LogP contribution >= 0.6 is 0 Å². The minimum atomic E-state index is -0.782. The van der Waals surface area contributed by atoms with Gasteiger partial charge in [-0.05, 0) is 30.7 Å². The van der Waals surface area contributed by atoms with Crippen LogP contribution in [-0.2, 0) is 11.3 Å². The van der Waals surface area contributed by atoms with Gasteiger partial charge in [-0.3, -0.25) is 9.20 Å². The highest BCUT2D eigenvalue weighted by molar-refractivity contribution is 6.04. The van der Waals surface area contributed by atoms with Gasteiger partial charge in [0.05, 0.1) is 6.20 Å². The van der Waals surface area contributed by atoms with E-state index in [9.17, 15) is 14.0 Å². The number of alkyl halides is 1. The van der Waals surface area contributed by atoms with Gasteiger partial charge in [0.15, 0.2) is 0 Å². The highest BCUT2D eigenvalue weighted by Crippen LogP contribution is 2.24. The van der Waals surface area contributed by atoms with Crippen molar-refractivity contribution in [3.63, 3.8) is 0 Å². The first-order valence-corrected chi connectivity index (χ1v) is 9.69. The summed E-state index contributed by atoms with van der Waals surface area (Å²) in [5.74, 6) is 0.118. The largest absolute Gasteiger partial charge is 0.447 e. The number of hydrogen-bond acceptors (Lipinski definition) is 7. The minimum Gasteiger partial charge on any atom is -0.447 e. The van der Waals surface area contributed by atoms with E-state index in [2.05, 4.69) is 30.5 Å². The lowest BCUT2D eigenvalue weighted by Gasteiger charge is -2.09. The first kappa shape index (κ1) is 21.0. The lowest BCUT2D eigenvalue weighted by Crippen LogP contribution is -2.24. The number of imidazole rings is 1. The van der Waals surface area contributed by atoms with E-state index in [0.29, 0.717) is 22.6 Å². The Balaban J connectivity index is 1.48. The number of nitrogens with one attached hydrogen (secondary N) is 2. The second-order valence-corrected chi connectivity index (χ2v) is 6.75. The summed E-state index contributed by atoms with van der Waals surface area (Å²) in [6, 6.07) is 10.8. The number of rotatable bonds is 7. The summed E-state index contributed by atoms with van der Waals surface area (Å²) >= 11 is 0. The molecular formula is C21H19FN6O4. The molecule has 11 heteroatoms. The molecule has 0 saturated heterocycles. The standard InChI is InChI=1S/C21H19FN6O4/c1-13-5-6-14(19-26-18(32-27-19)12-24-21(30)31-9-7-22)10-15(13)25-20(29)16-11-23-17-4-2-3-8-28(16)17/h2-6,8,10-11H,7,9,12H2,1H3,(H,24,30)(H,25,29). The van der Waals surface area contributed by atoms with E-state index in [1.165, 1.54) is 6.20 Å². The van der Waals surface area contributed by atoms with Gasteiger partial charge in [0, 0.05) is 17.4 Å². The number of alkyl carbamates (subject to hydrolysis) is 1. The Bertz CT molecular complexity index is 1270. The van der Waals surface area contributed by atoms with Crippen molar-refractivity contribution < 1.29 is 23.2 Å². The summed E-state index contributed by atoms with van der Waals surface area (Å²) < 4.78 is 23.4. The summed E-state index contributed by atoms with van der Waals surface area (Å²) in [5.41, 5.74) is 3.11. The van der Waals surface area contributed by atoms with Crippen LogP contribution in [0.4, 0.5) is 14.9 Å². The molecule has 0 fully saturated rings. The molecule has 0 saturated carbocycles. The molecule has 0 bridgehead atoms. The molecule has 1 aromatic carbocycles. The molecule has 0 aliphatic heterocycles. The van der Waals surface area contributed by atoms with Crippen molar-refractivity contribution >= 4 is 23.3 Å². The number of anilines is 1. The Morgan fingerprint density at radius 3 is 2.97 bits per heavy atom. The maximum absolute atomic E-state index is 12.8. The Kier molecular flexibility index (Phi) is 6.06. The van der Waals surface area contributed by atoms with E-state index in [4.69, 9.17) is 4.52 Å². The molecule has 4 rings (SSSR count). The van der Waals surface area contributed by atoms with E-state index < -0.39 is 12.8 Å². The first-order chi connectivity index (χ1) is 15.5. The van der Waals surface area contributed by atoms with Gasteiger partial charge in [0.2, 0.25) is 11.7 Å². The van der Waals surface area contributed by atoms with Gasteiger partial charge in [0.1, 0.15) is 31.2 Å². The van der Waals surface area contributed by atoms with Crippen LogP contribution in [0, 0.1) is 6.92 Å². The maximum Gasteiger partial charge on any atom is 0.407 e. The van der Waals surface area contributed by atoms with Crippen LogP contribution in [0.25, 0.3) is 17.0 Å². The molecule has 0 radical (unpaired) electrons. The molecule has 0 atom stereocenters. The van der Waals surface area contributed by atoms with Gasteiger partial charge >= 0.3 is 6.09 Å². The van der Waals surface area contributed by atoms with Crippen molar-refractivity contribution in [2.24, 2.45) is 0 Å². The zero-order valence-electron chi connectivity index (χ0n) is 17.0. The van der Waals surface area contributed by atoms with Crippen LogP contribution in [-0.4, -0.2) is 44.8 Å². The smallest absolute Gasteiger partial charge is 0.407 e. The first-order valence-electron chi connectivity index (χ1n) is 9.69. The van der Waals surface area contributed by atoms with Crippen molar-refractivity contribution in [2.75, 3.05) is 18.6 Å². The molecule has 2 amide bonds. The third kappa shape index (κ3) is 4.56. The molecule has 0 aliphatic rings. The molecule has 2 N–H and O–H groups in total. The number of aromatic nitrogens is 4. The third-order valence-corrected chi connectivity index (χ3v) is 4.56.